The van der Waals surface area contributed by atoms with Crippen LogP contribution in [0.5, 0.6) is 0 Å². The molecule has 0 amide bonds. The molecule has 1 aliphatic heterocycles. The highest BCUT2D eigenvalue weighted by Gasteiger charge is 2.33. The lowest BCUT2D eigenvalue weighted by Gasteiger charge is -2.45. The first-order chi connectivity index (χ1) is 11.8. The SMILES string of the molecule is CN(c1ccnc(C2CC2)n1)C1CN(c2cc3c(nn2)CCC3)C1. The van der Waals surface area contributed by atoms with E-state index in [1.54, 1.807) is 0 Å². The molecule has 2 aliphatic carbocycles. The van der Waals surface area contributed by atoms with Crippen molar-refractivity contribution in [1.82, 2.24) is 20.2 Å². The minimum absolute atomic E-state index is 0.474. The zero-order valence-electron chi connectivity index (χ0n) is 14.0. The van der Waals surface area contributed by atoms with Crippen molar-refractivity contribution in [3.8, 4) is 0 Å². The number of rotatable bonds is 4. The third kappa shape index (κ3) is 2.41. The predicted molar refractivity (Wildman–Crippen MR) is 92.5 cm³/mol. The lowest BCUT2D eigenvalue weighted by molar-refractivity contribution is 0.487. The molecule has 0 bridgehead atoms. The zero-order valence-corrected chi connectivity index (χ0v) is 14.0. The number of anilines is 2. The van der Waals surface area contributed by atoms with E-state index in [1.165, 1.54) is 30.5 Å². The Morgan fingerprint density at radius 1 is 1.17 bits per heavy atom. The summed E-state index contributed by atoms with van der Waals surface area (Å²) in [4.78, 5) is 13.8. The van der Waals surface area contributed by atoms with Crippen LogP contribution in [0.1, 0.15) is 42.3 Å². The van der Waals surface area contributed by atoms with E-state index in [0.29, 0.717) is 12.0 Å². The van der Waals surface area contributed by atoms with E-state index >= 15 is 0 Å². The van der Waals surface area contributed by atoms with Gasteiger partial charge < -0.3 is 9.80 Å². The number of likely N-dealkylation sites (N-methyl/N-ethyl adjacent to an activating group) is 1. The summed E-state index contributed by atoms with van der Waals surface area (Å²) in [7, 11) is 2.13. The average Bonchev–Trinajstić information content (AvgIpc) is 3.32. The molecule has 0 atom stereocenters. The Morgan fingerprint density at radius 3 is 2.88 bits per heavy atom. The van der Waals surface area contributed by atoms with Gasteiger partial charge in [-0.05, 0) is 49.8 Å². The molecule has 24 heavy (non-hydrogen) atoms. The summed E-state index contributed by atoms with van der Waals surface area (Å²) in [5, 5.41) is 8.82. The third-order valence-corrected chi connectivity index (χ3v) is 5.50. The molecule has 0 spiro atoms. The molecule has 1 saturated heterocycles. The fourth-order valence-electron chi connectivity index (χ4n) is 3.64. The van der Waals surface area contributed by atoms with Crippen LogP contribution >= 0.6 is 0 Å². The molecular formula is C18H22N6. The predicted octanol–water partition coefficient (Wildman–Crippen LogP) is 1.96. The van der Waals surface area contributed by atoms with Crippen molar-refractivity contribution in [2.24, 2.45) is 0 Å². The highest BCUT2D eigenvalue weighted by Crippen LogP contribution is 2.38. The van der Waals surface area contributed by atoms with Crippen molar-refractivity contribution in [3.05, 3.63) is 35.4 Å². The molecule has 0 unspecified atom stereocenters. The van der Waals surface area contributed by atoms with E-state index < -0.39 is 0 Å². The zero-order chi connectivity index (χ0) is 16.1. The maximum absolute atomic E-state index is 4.75. The highest BCUT2D eigenvalue weighted by molar-refractivity contribution is 5.49. The van der Waals surface area contributed by atoms with Gasteiger partial charge in [0.15, 0.2) is 5.82 Å². The minimum atomic E-state index is 0.474. The molecule has 0 radical (unpaired) electrons. The van der Waals surface area contributed by atoms with Crippen molar-refractivity contribution in [2.75, 3.05) is 29.9 Å². The number of aryl methyl sites for hydroxylation is 2. The summed E-state index contributed by atoms with van der Waals surface area (Å²) in [5.74, 6) is 3.68. The molecule has 6 nitrogen and oxygen atoms in total. The first-order valence-electron chi connectivity index (χ1n) is 8.94. The van der Waals surface area contributed by atoms with Crippen molar-refractivity contribution < 1.29 is 0 Å². The summed E-state index contributed by atoms with van der Waals surface area (Å²) in [6, 6.07) is 4.73. The number of hydrogen-bond donors (Lipinski definition) is 0. The molecule has 0 aromatic carbocycles. The summed E-state index contributed by atoms with van der Waals surface area (Å²) in [5.41, 5.74) is 2.59. The molecule has 2 fully saturated rings. The fraction of sp³-hybridized carbons (Fsp3) is 0.556. The number of aromatic nitrogens is 4. The monoisotopic (exact) mass is 322 g/mol. The Balaban J connectivity index is 1.26. The lowest BCUT2D eigenvalue weighted by Crippen LogP contribution is -2.59. The molecule has 0 N–H and O–H groups in total. The smallest absolute Gasteiger partial charge is 0.151 e. The van der Waals surface area contributed by atoms with Crippen LogP contribution in [0.3, 0.4) is 0 Å². The summed E-state index contributed by atoms with van der Waals surface area (Å²) < 4.78 is 0. The van der Waals surface area contributed by atoms with Crippen molar-refractivity contribution >= 4 is 11.6 Å². The van der Waals surface area contributed by atoms with Gasteiger partial charge in [-0.2, -0.15) is 5.10 Å². The Bertz CT molecular complexity index is 766. The van der Waals surface area contributed by atoms with Gasteiger partial charge in [0.1, 0.15) is 11.6 Å². The maximum Gasteiger partial charge on any atom is 0.151 e. The second-order valence-electron chi connectivity index (χ2n) is 7.25. The van der Waals surface area contributed by atoms with Crippen molar-refractivity contribution in [1.29, 1.82) is 0 Å². The van der Waals surface area contributed by atoms with Crippen molar-refractivity contribution in [3.63, 3.8) is 0 Å². The van der Waals surface area contributed by atoms with Gasteiger partial charge in [-0.15, -0.1) is 5.10 Å². The molecule has 2 aromatic heterocycles. The second kappa shape index (κ2) is 5.40. The molecule has 1 saturated carbocycles. The maximum atomic E-state index is 4.75. The van der Waals surface area contributed by atoms with Crippen LogP contribution in [-0.4, -0.2) is 46.3 Å². The van der Waals surface area contributed by atoms with E-state index in [-0.39, 0.29) is 0 Å². The average molecular weight is 322 g/mol. The van der Waals surface area contributed by atoms with Crippen LogP contribution in [0.15, 0.2) is 18.3 Å². The van der Waals surface area contributed by atoms with Gasteiger partial charge in [0.2, 0.25) is 0 Å². The first-order valence-corrected chi connectivity index (χ1v) is 8.94. The minimum Gasteiger partial charge on any atom is -0.353 e. The molecular weight excluding hydrogens is 300 g/mol. The van der Waals surface area contributed by atoms with E-state index in [4.69, 9.17) is 4.98 Å². The molecule has 2 aromatic rings. The largest absolute Gasteiger partial charge is 0.353 e. The van der Waals surface area contributed by atoms with E-state index in [2.05, 4.69) is 38.1 Å². The Kier molecular flexibility index (Phi) is 3.18. The van der Waals surface area contributed by atoms with Gasteiger partial charge in [0, 0.05) is 32.3 Å². The summed E-state index contributed by atoms with van der Waals surface area (Å²) in [6.07, 6.45) is 7.83. The Hall–Kier alpha value is -2.24. The van der Waals surface area contributed by atoms with Crippen LogP contribution in [-0.2, 0) is 12.8 Å². The Morgan fingerprint density at radius 2 is 2.04 bits per heavy atom. The number of hydrogen-bond acceptors (Lipinski definition) is 6. The third-order valence-electron chi connectivity index (χ3n) is 5.50. The van der Waals surface area contributed by atoms with E-state index in [1.807, 2.05) is 12.3 Å². The standard InChI is InChI=1S/C18H22N6/c1-23(16-7-8-19-18(20-16)12-5-6-12)14-10-24(11-14)17-9-13-3-2-4-15(13)21-22-17/h7-9,12,14H,2-6,10-11H2,1H3. The van der Waals surface area contributed by atoms with Crippen LogP contribution < -0.4 is 9.80 Å². The van der Waals surface area contributed by atoms with Gasteiger partial charge in [-0.25, -0.2) is 9.97 Å². The lowest BCUT2D eigenvalue weighted by atomic mass is 10.1. The van der Waals surface area contributed by atoms with Crippen molar-refractivity contribution in [2.45, 2.75) is 44.1 Å². The second-order valence-corrected chi connectivity index (χ2v) is 7.25. The normalized spacial score (nSPS) is 20.0. The van der Waals surface area contributed by atoms with Crippen LogP contribution in [0.25, 0.3) is 0 Å². The van der Waals surface area contributed by atoms with Gasteiger partial charge in [0.25, 0.3) is 0 Å². The Labute approximate surface area is 141 Å². The van der Waals surface area contributed by atoms with Crippen LogP contribution in [0, 0.1) is 0 Å². The van der Waals surface area contributed by atoms with E-state index in [9.17, 15) is 0 Å². The molecule has 6 heteroatoms. The van der Waals surface area contributed by atoms with Gasteiger partial charge in [-0.1, -0.05) is 0 Å². The van der Waals surface area contributed by atoms with Gasteiger partial charge in [-0.3, -0.25) is 0 Å². The molecule has 3 aliphatic rings. The van der Waals surface area contributed by atoms with E-state index in [0.717, 1.165) is 43.4 Å². The van der Waals surface area contributed by atoms with Gasteiger partial charge >= 0.3 is 0 Å². The molecule has 5 rings (SSSR count). The number of nitrogens with zero attached hydrogens (tertiary/aromatic N) is 6. The summed E-state index contributed by atoms with van der Waals surface area (Å²) in [6.45, 7) is 1.96. The molecule has 3 heterocycles. The van der Waals surface area contributed by atoms with Crippen LogP contribution in [0.2, 0.25) is 0 Å². The topological polar surface area (TPSA) is 58.0 Å². The highest BCUT2D eigenvalue weighted by atomic mass is 15.4. The number of fused-ring (bicyclic) bond motifs is 1. The first kappa shape index (κ1) is 14.1. The van der Waals surface area contributed by atoms with Crippen LogP contribution in [0.4, 0.5) is 11.6 Å². The van der Waals surface area contributed by atoms with Gasteiger partial charge in [0.05, 0.1) is 11.7 Å². The molecule has 124 valence electrons. The fourth-order valence-corrected chi connectivity index (χ4v) is 3.64. The summed E-state index contributed by atoms with van der Waals surface area (Å²) >= 11 is 0. The quantitative estimate of drug-likeness (QED) is 0.857.